The van der Waals surface area contributed by atoms with Crippen LogP contribution >= 0.6 is 31.9 Å². The lowest BCUT2D eigenvalue weighted by atomic mass is 9.90. The number of aromatic nitrogens is 6. The van der Waals surface area contributed by atoms with Crippen molar-refractivity contribution < 1.29 is 35.9 Å². The van der Waals surface area contributed by atoms with E-state index in [2.05, 4.69) is 152 Å². The molecule has 12 heterocycles. The number of alkyl halides is 1. The van der Waals surface area contributed by atoms with Gasteiger partial charge in [0.15, 0.2) is 10.1 Å². The number of sulfonamides is 2. The zero-order valence-corrected chi connectivity index (χ0v) is 56.4. The first kappa shape index (κ1) is 64.8. The number of anilines is 4. The van der Waals surface area contributed by atoms with Crippen molar-refractivity contribution in [2.24, 2.45) is 11.8 Å². The monoisotopic (exact) mass is 1370 g/mol. The molecule has 2 amide bonds. The Morgan fingerprint density at radius 2 is 1.00 bits per heavy atom. The highest BCUT2D eigenvalue weighted by Crippen LogP contribution is 2.44. The van der Waals surface area contributed by atoms with Gasteiger partial charge in [-0.15, -0.1) is 0 Å². The lowest BCUT2D eigenvalue weighted by molar-refractivity contribution is 0.00835. The van der Waals surface area contributed by atoms with Gasteiger partial charge in [-0.2, -0.15) is 16.8 Å². The van der Waals surface area contributed by atoms with Crippen LogP contribution in [0, 0.1) is 11.8 Å². The van der Waals surface area contributed by atoms with Crippen LogP contribution in [-0.2, 0) is 40.4 Å². The van der Waals surface area contributed by atoms with Crippen molar-refractivity contribution in [1.82, 2.24) is 39.3 Å². The summed E-state index contributed by atoms with van der Waals surface area (Å²) in [6, 6.07) is 24.1. The van der Waals surface area contributed by atoms with E-state index in [0.29, 0.717) is 72.2 Å². The molecule has 8 bridgehead atoms. The third-order valence-electron chi connectivity index (χ3n) is 17.0. The van der Waals surface area contributed by atoms with Crippen LogP contribution in [0.15, 0.2) is 112 Å². The molecule has 24 heteroatoms. The number of hydrogen-bond donors (Lipinski definition) is 4. The molecule has 6 aromatic heterocycles. The number of nitrogens with zero attached hydrogens (tertiary/aromatic N) is 8. The molecule has 4 N–H and O–H groups in total. The molecule has 0 spiro atoms. The van der Waals surface area contributed by atoms with Crippen LogP contribution in [-0.4, -0.2) is 114 Å². The fourth-order valence-electron chi connectivity index (χ4n) is 12.1. The zero-order chi connectivity index (χ0) is 63.1. The molecule has 4 saturated heterocycles. The van der Waals surface area contributed by atoms with E-state index in [0.717, 1.165) is 79.0 Å². The molecule has 6 aliphatic rings. The van der Waals surface area contributed by atoms with Crippen LogP contribution < -0.4 is 29.9 Å². The van der Waals surface area contributed by atoms with Crippen LogP contribution in [0.1, 0.15) is 175 Å². The van der Waals surface area contributed by atoms with E-state index >= 15 is 0 Å². The minimum Gasteiger partial charge on any atom is -0.380 e. The van der Waals surface area contributed by atoms with Crippen LogP contribution in [0.5, 0.6) is 0 Å². The maximum Gasteiger partial charge on any atom is 0.281 e. The summed E-state index contributed by atoms with van der Waals surface area (Å²) in [7, 11) is -8.54. The van der Waals surface area contributed by atoms with E-state index in [1.165, 1.54) is 17.7 Å². The second kappa shape index (κ2) is 25.6. The maximum absolute atomic E-state index is 13.6. The van der Waals surface area contributed by atoms with Crippen LogP contribution in [0.25, 0.3) is 0 Å². The van der Waals surface area contributed by atoms with Gasteiger partial charge >= 0.3 is 0 Å². The van der Waals surface area contributed by atoms with Crippen molar-refractivity contribution >= 4 is 87.0 Å². The number of hydrogen-bond acceptors (Lipinski definition) is 18. The Hall–Kier alpha value is -6.18. The Morgan fingerprint density at radius 1 is 0.568 bits per heavy atom. The molecular weight excluding hydrogens is 1290 g/mol. The van der Waals surface area contributed by atoms with Gasteiger partial charge in [-0.1, -0.05) is 85.5 Å². The van der Waals surface area contributed by atoms with Gasteiger partial charge in [-0.3, -0.25) is 19.6 Å². The molecule has 4 atom stereocenters. The summed E-state index contributed by atoms with van der Waals surface area (Å²) in [4.78, 5) is 60.3. The predicted octanol–water partition coefficient (Wildman–Crippen LogP) is 11.3. The number of carbonyl (C=O) groups is 2. The van der Waals surface area contributed by atoms with E-state index in [1.54, 1.807) is 48.7 Å². The first-order valence-electron chi connectivity index (χ1n) is 30.0. The maximum atomic E-state index is 13.6. The number of nitrogens with one attached hydrogen (secondary N) is 4. The highest BCUT2D eigenvalue weighted by molar-refractivity contribution is 9.10. The average molecular weight is 1370 g/mol. The average Bonchev–Trinajstić information content (AvgIpc) is 1.80. The lowest BCUT2D eigenvalue weighted by Crippen LogP contribution is -2.41. The van der Waals surface area contributed by atoms with Gasteiger partial charge in [-0.25, -0.2) is 29.4 Å². The van der Waals surface area contributed by atoms with Gasteiger partial charge in [0.25, 0.3) is 31.9 Å². The fraction of sp³-hybridized carbons (Fsp3) is 0.500. The van der Waals surface area contributed by atoms with Crippen molar-refractivity contribution in [1.29, 1.82) is 0 Å². The van der Waals surface area contributed by atoms with Gasteiger partial charge in [0.2, 0.25) is 0 Å². The van der Waals surface area contributed by atoms with Crippen molar-refractivity contribution in [2.45, 2.75) is 163 Å². The van der Waals surface area contributed by atoms with Gasteiger partial charge in [0.05, 0.1) is 65.9 Å². The SMILES string of the molecule is BrC1COC1.CC(C)(C)c1ccc2c(n1)N1C[C@@H](CCC(c3cc(Br)ccn3)Nc3cccc(n3)S(=O)(=O)NC2=O)CC1(C)C.CC(C)(C)c1ccc2c(n1)N1C[C@@H](CCC(c3cc(C4COC4)ccn3)Nc3cccc(n3)S(=O)(=O)NC2=O)CC1(C)C. The Kier molecular flexibility index (Phi) is 18.9. The van der Waals surface area contributed by atoms with Gasteiger partial charge in [0, 0.05) is 69.2 Å². The quantitative estimate of drug-likeness (QED) is 0.120. The fourth-order valence-corrected chi connectivity index (χ4v) is 14.7. The molecular formula is C64H80Br2N12O8S2. The number of carbonyl (C=O) groups excluding carboxylic acids is 2. The topological polar surface area (TPSA) is 253 Å². The number of fused-ring (bicyclic) bond motifs is 12. The first-order valence-corrected chi connectivity index (χ1v) is 34.7. The van der Waals surface area contributed by atoms with E-state index in [1.807, 2.05) is 30.5 Å². The van der Waals surface area contributed by atoms with E-state index < -0.39 is 31.9 Å². The molecule has 6 aliphatic heterocycles. The van der Waals surface area contributed by atoms with E-state index in [9.17, 15) is 26.4 Å². The summed E-state index contributed by atoms with van der Waals surface area (Å²) in [6.07, 6.45) is 8.71. The van der Waals surface area contributed by atoms with Crippen LogP contribution in [0.3, 0.4) is 0 Å². The molecule has 0 aliphatic carbocycles. The molecule has 0 saturated carbocycles. The van der Waals surface area contributed by atoms with E-state index in [-0.39, 0.29) is 55.2 Å². The highest BCUT2D eigenvalue weighted by atomic mass is 79.9. The minimum atomic E-state index is -4.27. The molecule has 470 valence electrons. The number of halogens is 2. The lowest BCUT2D eigenvalue weighted by Gasteiger charge is -2.34. The van der Waals surface area contributed by atoms with E-state index in [4.69, 9.17) is 24.4 Å². The third kappa shape index (κ3) is 15.0. The Morgan fingerprint density at radius 3 is 1.40 bits per heavy atom. The standard InChI is InChI=1S/C32H40N6O4S.C29H35BrN6O3S.C3H5BrO/c1-31(2,3)26-12-10-23-29(35-26)38-17-20(16-32(38,4)5)9-11-24(25-15-21(13-14-33-25)22-18-42-19-22)34-27-7-6-8-28(36-27)43(40,41)37-30(23)39;1-28(2,3)23-12-10-20-26(33-23)36-17-18(16-29(36,4)5)9-11-21(22-15-19(30)13-14-31-22)32-24-7-6-8-25(34-24)40(38,39)35-27(20)37;4-3-1-5-2-3/h6-8,10,12-15,20,22,24H,9,11,16-19H2,1-5H3,(H,34,36)(H,37,39);6-8,10,12-15,18,21H,9,11,16-17H2,1-5H3,(H,32,34)(H,35,37);3H,1-2H2/t20-,24?;18-,21?;/m00./s1. The second-order valence-electron chi connectivity index (χ2n) is 27.0. The Balaban J connectivity index is 0.000000180. The molecule has 0 radical (unpaired) electrons. The van der Waals surface area contributed by atoms with Gasteiger partial charge in [-0.05, 0) is 156 Å². The summed E-state index contributed by atoms with van der Waals surface area (Å²) >= 11 is 6.88. The summed E-state index contributed by atoms with van der Waals surface area (Å²) < 4.78 is 69.3. The van der Waals surface area contributed by atoms with Crippen molar-refractivity contribution in [3.8, 4) is 0 Å². The Bertz CT molecular complexity index is 3800. The van der Waals surface area contributed by atoms with Crippen molar-refractivity contribution in [2.75, 3.05) is 60.0 Å². The van der Waals surface area contributed by atoms with Crippen LogP contribution in [0.2, 0.25) is 0 Å². The normalized spacial score (nSPS) is 23.2. The smallest absolute Gasteiger partial charge is 0.281 e. The van der Waals surface area contributed by atoms with Gasteiger partial charge in [0.1, 0.15) is 23.3 Å². The number of amides is 2. The third-order valence-corrected chi connectivity index (χ3v) is 20.5. The molecule has 2 unspecified atom stereocenters. The molecule has 0 aromatic carbocycles. The summed E-state index contributed by atoms with van der Waals surface area (Å²) in [6.45, 7) is 25.7. The Labute approximate surface area is 534 Å². The molecule has 20 nitrogen and oxygen atoms in total. The largest absolute Gasteiger partial charge is 0.380 e. The summed E-state index contributed by atoms with van der Waals surface area (Å²) in [5.74, 6) is 1.37. The number of pyridine rings is 6. The number of ether oxygens (including phenoxy) is 2. The summed E-state index contributed by atoms with van der Waals surface area (Å²) in [5.41, 5.74) is 3.93. The highest BCUT2D eigenvalue weighted by Gasteiger charge is 2.44. The van der Waals surface area contributed by atoms with Crippen molar-refractivity contribution in [3.05, 3.63) is 141 Å². The molecule has 88 heavy (non-hydrogen) atoms. The zero-order valence-electron chi connectivity index (χ0n) is 51.6. The molecule has 4 fully saturated rings. The second-order valence-corrected chi connectivity index (χ2v) is 32.5. The van der Waals surface area contributed by atoms with Gasteiger partial charge < -0.3 is 29.9 Å². The first-order chi connectivity index (χ1) is 41.4. The van der Waals surface area contributed by atoms with Crippen LogP contribution in [0.4, 0.5) is 23.3 Å². The molecule has 12 rings (SSSR count). The number of rotatable bonds is 3. The summed E-state index contributed by atoms with van der Waals surface area (Å²) in [5, 5.41) is 6.39. The molecule has 6 aromatic rings. The van der Waals surface area contributed by atoms with Crippen molar-refractivity contribution in [3.63, 3.8) is 0 Å². The minimum absolute atomic E-state index is 0.193. The predicted molar refractivity (Wildman–Crippen MR) is 347 cm³/mol.